The van der Waals surface area contributed by atoms with Crippen molar-refractivity contribution in [2.75, 3.05) is 24.7 Å². The molecule has 236 valence electrons. The lowest BCUT2D eigenvalue weighted by Gasteiger charge is -2.25. The Labute approximate surface area is 244 Å². The van der Waals surface area contributed by atoms with E-state index in [1.54, 1.807) is 0 Å². The minimum Gasteiger partial charge on any atom is -0.386 e. The second-order valence-corrected chi connectivity index (χ2v) is 12.9. The first kappa shape index (κ1) is 29.3. The molecule has 0 amide bonds. The maximum atomic E-state index is 13.2. The lowest BCUT2D eigenvalue weighted by atomic mass is 10.1. The second kappa shape index (κ2) is 10.6. The number of ether oxygens (including phenoxy) is 2. The van der Waals surface area contributed by atoms with Gasteiger partial charge in [0.05, 0.1) is 32.0 Å². The number of H-pyrrole nitrogens is 1. The Morgan fingerprint density at radius 3 is 2.39 bits per heavy atom. The fourth-order valence-electron chi connectivity index (χ4n) is 5.29. The summed E-state index contributed by atoms with van der Waals surface area (Å²) in [6.45, 7) is -1.30. The second-order valence-electron chi connectivity index (χ2n) is 10.0. The van der Waals surface area contributed by atoms with Crippen LogP contribution >= 0.6 is 15.6 Å². The van der Waals surface area contributed by atoms with Crippen molar-refractivity contribution in [3.05, 3.63) is 29.3 Å². The van der Waals surface area contributed by atoms with Crippen molar-refractivity contribution in [1.29, 1.82) is 0 Å². The average molecular weight is 658 g/mol. The van der Waals surface area contributed by atoms with E-state index >= 15 is 0 Å². The molecule has 4 aromatic heterocycles. The Bertz CT molecular complexity index is 1900. The minimum atomic E-state index is -4.93. The van der Waals surface area contributed by atoms with Gasteiger partial charge in [0, 0.05) is 6.42 Å². The summed E-state index contributed by atoms with van der Waals surface area (Å²) in [5, 5.41) is 11.1. The van der Waals surface area contributed by atoms with Gasteiger partial charge in [-0.05, 0) is 0 Å². The zero-order valence-corrected chi connectivity index (χ0v) is 23.9. The number of aromatic nitrogens is 8. The van der Waals surface area contributed by atoms with Gasteiger partial charge in [-0.3, -0.25) is 37.0 Å². The molecule has 3 aliphatic rings. The van der Waals surface area contributed by atoms with Crippen molar-refractivity contribution >= 4 is 49.7 Å². The normalized spacial score (nSPS) is 36.6. The fraction of sp³-hybridized carbons (Fsp3) is 0.500. The number of hydrogen-bond acceptors (Lipinski definition) is 17. The Morgan fingerprint density at radius 2 is 1.59 bits per heavy atom. The first-order valence-corrected chi connectivity index (χ1v) is 15.8. The molecule has 2 unspecified atom stereocenters. The molecular weight excluding hydrogens is 634 g/mol. The van der Waals surface area contributed by atoms with Gasteiger partial charge in [0.1, 0.15) is 36.3 Å². The molecule has 3 aliphatic heterocycles. The van der Waals surface area contributed by atoms with E-state index in [0.717, 1.165) is 0 Å². The predicted octanol–water partition coefficient (Wildman–Crippen LogP) is -1.31. The zero-order valence-electron chi connectivity index (χ0n) is 22.1. The van der Waals surface area contributed by atoms with E-state index in [1.165, 1.54) is 28.1 Å². The number of aromatic amines is 1. The van der Waals surface area contributed by atoms with Crippen LogP contribution in [0.2, 0.25) is 0 Å². The summed E-state index contributed by atoms with van der Waals surface area (Å²) in [5.74, 6) is -0.164. The molecule has 0 spiro atoms. The number of hydrogen-bond donors (Lipinski definition) is 6. The summed E-state index contributed by atoms with van der Waals surface area (Å²) in [6.07, 6.45) is -5.96. The van der Waals surface area contributed by atoms with E-state index in [-0.39, 0.29) is 40.5 Å². The molecule has 9 atom stereocenters. The number of phosphoric ester groups is 2. The monoisotopic (exact) mass is 658 g/mol. The zero-order chi connectivity index (χ0) is 31.0. The van der Waals surface area contributed by atoms with E-state index < -0.39 is 77.4 Å². The van der Waals surface area contributed by atoms with Crippen LogP contribution in [0.15, 0.2) is 23.8 Å². The van der Waals surface area contributed by atoms with Crippen molar-refractivity contribution in [3.63, 3.8) is 0 Å². The number of rotatable bonds is 2. The maximum Gasteiger partial charge on any atom is 0.472 e. The number of aliphatic hydroxyl groups excluding tert-OH is 1. The van der Waals surface area contributed by atoms with Gasteiger partial charge in [-0.2, -0.15) is 4.98 Å². The fourth-order valence-corrected chi connectivity index (χ4v) is 7.21. The van der Waals surface area contributed by atoms with Crippen molar-refractivity contribution < 1.29 is 51.6 Å². The van der Waals surface area contributed by atoms with Gasteiger partial charge >= 0.3 is 15.6 Å². The van der Waals surface area contributed by atoms with Gasteiger partial charge in [0.15, 0.2) is 35.1 Å². The summed E-state index contributed by atoms with van der Waals surface area (Å²) < 4.78 is 61.7. The SMILES string of the molecule is Nc1nc2c(ncn2[C@@H]2O[C@@H]3COP(=O)(O)O[C@H]4[C@@H](O)[C@H](n5cnc6c(N)ncnc65)O[C@@H]4COP(=O)(O)O[C@@H]2C3)c(=O)[nH]1. The van der Waals surface area contributed by atoms with Crippen molar-refractivity contribution in [1.82, 2.24) is 39.0 Å². The number of nitrogens with one attached hydrogen (secondary N) is 1. The summed E-state index contributed by atoms with van der Waals surface area (Å²) in [4.78, 5) is 56.0. The number of nitrogens with two attached hydrogens (primary N) is 2. The molecule has 24 heteroatoms. The van der Waals surface area contributed by atoms with Crippen molar-refractivity contribution in [2.24, 2.45) is 0 Å². The minimum absolute atomic E-state index is 0.0151. The molecule has 22 nitrogen and oxygen atoms in total. The lowest BCUT2D eigenvalue weighted by molar-refractivity contribution is -0.0670. The maximum absolute atomic E-state index is 13.2. The summed E-state index contributed by atoms with van der Waals surface area (Å²) in [5.41, 5.74) is 11.1. The highest BCUT2D eigenvalue weighted by Crippen LogP contribution is 2.53. The Balaban J connectivity index is 1.19. The van der Waals surface area contributed by atoms with Gasteiger partial charge < -0.3 is 35.8 Å². The highest BCUT2D eigenvalue weighted by Gasteiger charge is 2.51. The number of aliphatic hydroxyl groups is 1. The largest absolute Gasteiger partial charge is 0.472 e. The highest BCUT2D eigenvalue weighted by molar-refractivity contribution is 7.47. The first-order chi connectivity index (χ1) is 20.9. The molecule has 8 N–H and O–H groups in total. The molecule has 4 aromatic rings. The molecule has 0 aliphatic carbocycles. The molecule has 0 aromatic carbocycles. The average Bonchev–Trinajstić information content (AvgIpc) is 3.72. The number of nitrogen functional groups attached to an aromatic ring is 2. The smallest absolute Gasteiger partial charge is 0.386 e. The number of imidazole rings is 2. The van der Waals surface area contributed by atoms with Crippen LogP contribution in [-0.4, -0.2) is 97.7 Å². The van der Waals surface area contributed by atoms with Crippen LogP contribution in [0.5, 0.6) is 0 Å². The molecule has 0 radical (unpaired) electrons. The first-order valence-electron chi connectivity index (χ1n) is 12.8. The molecule has 3 fully saturated rings. The molecule has 0 saturated carbocycles. The van der Waals surface area contributed by atoms with E-state index in [2.05, 4.69) is 29.9 Å². The predicted molar refractivity (Wildman–Crippen MR) is 142 cm³/mol. The van der Waals surface area contributed by atoms with Crippen molar-refractivity contribution in [2.45, 2.75) is 49.4 Å². The molecule has 44 heavy (non-hydrogen) atoms. The topological polar surface area (TPSA) is 309 Å². The van der Waals surface area contributed by atoms with Gasteiger partial charge in [-0.25, -0.2) is 29.1 Å². The van der Waals surface area contributed by atoms with E-state index in [4.69, 9.17) is 39.0 Å². The lowest BCUT2D eigenvalue weighted by Crippen LogP contribution is -2.36. The standard InChI is InChI=1S/C20H24N10O12P2/c21-14-10-15(24-4-23-14)29(5-25-10)19-12(31)13-9(40-19)3-38-43(33,34)41-8-1-7(2-37-44(35,36)42-13)39-18(8)30-6-26-11-16(30)27-20(22)28-17(11)32/h4-9,12-13,18-19,31H,1-3H2,(H,33,34)(H,35,36)(H2,21,23,24)(H3,22,27,28,32)/t7-,8+,9+,12+,13+,18+,19+/m0/s1. The highest BCUT2D eigenvalue weighted by atomic mass is 31.2. The molecular formula is C20H24N10O12P2. The Hall–Kier alpha value is -3.40. The van der Waals surface area contributed by atoms with E-state index in [9.17, 15) is 28.8 Å². The van der Waals surface area contributed by atoms with Crippen LogP contribution in [0, 0.1) is 0 Å². The molecule has 3 saturated heterocycles. The van der Waals surface area contributed by atoms with Crippen LogP contribution in [0.3, 0.4) is 0 Å². The van der Waals surface area contributed by atoms with Crippen LogP contribution in [0.25, 0.3) is 22.3 Å². The summed E-state index contributed by atoms with van der Waals surface area (Å²) >= 11 is 0. The Morgan fingerprint density at radius 1 is 0.886 bits per heavy atom. The van der Waals surface area contributed by atoms with E-state index in [1.807, 2.05) is 0 Å². The Kier molecular flexibility index (Phi) is 7.06. The number of anilines is 2. The van der Waals surface area contributed by atoms with Gasteiger partial charge in [0.25, 0.3) is 5.56 Å². The number of phosphoric acid groups is 2. The number of nitrogens with zero attached hydrogens (tertiary/aromatic N) is 7. The van der Waals surface area contributed by atoms with Crippen LogP contribution in [0.1, 0.15) is 18.9 Å². The molecule has 2 bridgehead atoms. The van der Waals surface area contributed by atoms with E-state index in [0.29, 0.717) is 0 Å². The van der Waals surface area contributed by atoms with Gasteiger partial charge in [-0.15, -0.1) is 0 Å². The molecule has 7 heterocycles. The summed E-state index contributed by atoms with van der Waals surface area (Å²) in [7, 11) is -9.84. The van der Waals surface area contributed by atoms with Crippen molar-refractivity contribution in [3.8, 4) is 0 Å². The molecule has 7 rings (SSSR count). The number of fused-ring (bicyclic) bond motifs is 5. The van der Waals surface area contributed by atoms with Crippen LogP contribution in [-0.2, 0) is 36.7 Å². The van der Waals surface area contributed by atoms with Crippen LogP contribution in [0.4, 0.5) is 11.8 Å². The third kappa shape index (κ3) is 5.18. The third-order valence-electron chi connectivity index (χ3n) is 7.19. The quantitative estimate of drug-likeness (QED) is 0.136. The third-order valence-corrected chi connectivity index (χ3v) is 9.19. The summed E-state index contributed by atoms with van der Waals surface area (Å²) in [6, 6.07) is 0. The van der Waals surface area contributed by atoms with Gasteiger partial charge in [-0.1, -0.05) is 0 Å². The van der Waals surface area contributed by atoms with Crippen LogP contribution < -0.4 is 17.0 Å². The van der Waals surface area contributed by atoms with Gasteiger partial charge in [0.2, 0.25) is 5.95 Å².